The summed E-state index contributed by atoms with van der Waals surface area (Å²) in [5.74, 6) is 1.61. The van der Waals surface area contributed by atoms with Gasteiger partial charge in [0.25, 0.3) is 0 Å². The van der Waals surface area contributed by atoms with Gasteiger partial charge < -0.3 is 14.2 Å². The third-order valence-electron chi connectivity index (χ3n) is 5.62. The molecule has 0 radical (unpaired) electrons. The van der Waals surface area contributed by atoms with E-state index in [0.717, 1.165) is 0 Å². The average molecular weight is 568 g/mol. The van der Waals surface area contributed by atoms with Crippen molar-refractivity contribution in [1.82, 2.24) is 29.5 Å². The van der Waals surface area contributed by atoms with Crippen LogP contribution in [0.3, 0.4) is 0 Å². The molecule has 0 bridgehead atoms. The van der Waals surface area contributed by atoms with Gasteiger partial charge >= 0.3 is 0 Å². The van der Waals surface area contributed by atoms with Gasteiger partial charge in [0.2, 0.25) is 15.9 Å². The highest BCUT2D eigenvalue weighted by molar-refractivity contribution is 7.89. The van der Waals surface area contributed by atoms with Gasteiger partial charge in [0.15, 0.2) is 22.3 Å². The van der Waals surface area contributed by atoms with E-state index in [1.54, 1.807) is 41.0 Å². The van der Waals surface area contributed by atoms with Gasteiger partial charge in [0, 0.05) is 12.3 Å². The molecule has 12 nitrogen and oxygen atoms in total. The first-order chi connectivity index (χ1) is 18.8. The summed E-state index contributed by atoms with van der Waals surface area (Å²) in [6, 6.07) is 13.3. The van der Waals surface area contributed by atoms with Crippen LogP contribution in [0.1, 0.15) is 6.92 Å². The van der Waals surface area contributed by atoms with Crippen molar-refractivity contribution < 1.29 is 22.6 Å². The Balaban J connectivity index is 1.90. The van der Waals surface area contributed by atoms with Crippen LogP contribution in [-0.4, -0.2) is 58.7 Å². The standard InChI is InChI=1S/C25H22ClN7O5S/c1-4-38-18-12-5-8-14(29-18)24-32-23-25(33(24)21-15(36-2)9-6-10-16(21)37-3)30-20(22(26)31-23)19-17(39(27,34)35)11-7-13-28-19/h5-13H,4H2,1-3H3,(H2,27,34,35). The third-order valence-corrected chi connectivity index (χ3v) is 6.83. The summed E-state index contributed by atoms with van der Waals surface area (Å²) in [5, 5.41) is 5.32. The first-order valence-electron chi connectivity index (χ1n) is 11.5. The van der Waals surface area contributed by atoms with E-state index in [1.165, 1.54) is 32.5 Å². The maximum Gasteiger partial charge on any atom is 0.240 e. The molecule has 0 aliphatic heterocycles. The molecule has 1 aromatic carbocycles. The van der Waals surface area contributed by atoms with E-state index in [-0.39, 0.29) is 32.7 Å². The molecule has 14 heteroatoms. The molecule has 200 valence electrons. The minimum atomic E-state index is -4.16. The van der Waals surface area contributed by atoms with Crippen molar-refractivity contribution in [1.29, 1.82) is 0 Å². The number of pyridine rings is 2. The quantitative estimate of drug-likeness (QED) is 0.293. The normalized spacial score (nSPS) is 11.5. The number of sulfonamides is 1. The summed E-state index contributed by atoms with van der Waals surface area (Å²) >= 11 is 6.51. The number of nitrogens with two attached hydrogens (primary N) is 1. The Morgan fingerprint density at radius 3 is 2.31 bits per heavy atom. The van der Waals surface area contributed by atoms with Crippen molar-refractivity contribution in [2.24, 2.45) is 5.14 Å². The lowest BCUT2D eigenvalue weighted by Crippen LogP contribution is -2.14. The van der Waals surface area contributed by atoms with Crippen molar-refractivity contribution in [3.8, 4) is 46.0 Å². The molecule has 0 atom stereocenters. The molecule has 0 amide bonds. The monoisotopic (exact) mass is 567 g/mol. The van der Waals surface area contributed by atoms with Gasteiger partial charge in [-0.1, -0.05) is 23.7 Å². The summed E-state index contributed by atoms with van der Waals surface area (Å²) in [6.07, 6.45) is 1.40. The second-order valence-corrected chi connectivity index (χ2v) is 9.87. The molecular weight excluding hydrogens is 546 g/mol. The number of primary sulfonamides is 1. The van der Waals surface area contributed by atoms with Crippen molar-refractivity contribution >= 4 is 32.9 Å². The number of halogens is 1. The molecule has 2 N–H and O–H groups in total. The average Bonchev–Trinajstić information content (AvgIpc) is 3.29. The van der Waals surface area contributed by atoms with Crippen LogP contribution >= 0.6 is 11.6 Å². The highest BCUT2D eigenvalue weighted by Gasteiger charge is 2.27. The fraction of sp³-hybridized carbons (Fsp3) is 0.160. The number of nitrogens with zero attached hydrogens (tertiary/aromatic N) is 6. The van der Waals surface area contributed by atoms with E-state index < -0.39 is 10.0 Å². The molecule has 0 spiro atoms. The van der Waals surface area contributed by atoms with Crippen LogP contribution in [0.15, 0.2) is 59.6 Å². The summed E-state index contributed by atoms with van der Waals surface area (Å²) in [6.45, 7) is 2.28. The number of fused-ring (bicyclic) bond motifs is 1. The Morgan fingerprint density at radius 2 is 1.64 bits per heavy atom. The van der Waals surface area contributed by atoms with Crippen LogP contribution in [-0.2, 0) is 10.0 Å². The van der Waals surface area contributed by atoms with Crippen molar-refractivity contribution in [3.63, 3.8) is 0 Å². The molecular formula is C25H22ClN7O5S. The molecule has 5 aromatic rings. The zero-order valence-electron chi connectivity index (χ0n) is 21.0. The SMILES string of the molecule is CCOc1cccc(-c2nc3nc(Cl)c(-c4ncccc4S(N)(=O)=O)nc3n2-c2c(OC)cccc2OC)n1. The molecule has 0 aliphatic rings. The van der Waals surface area contributed by atoms with E-state index in [2.05, 4.69) is 15.0 Å². The lowest BCUT2D eigenvalue weighted by molar-refractivity contribution is 0.327. The Morgan fingerprint density at radius 1 is 0.923 bits per heavy atom. The van der Waals surface area contributed by atoms with E-state index >= 15 is 0 Å². The number of ether oxygens (including phenoxy) is 3. The number of imidazole rings is 1. The molecule has 39 heavy (non-hydrogen) atoms. The number of hydrogen-bond acceptors (Lipinski definition) is 10. The van der Waals surface area contributed by atoms with Crippen molar-refractivity contribution in [2.75, 3.05) is 20.8 Å². The molecule has 0 fully saturated rings. The third kappa shape index (κ3) is 4.82. The number of benzene rings is 1. The second kappa shape index (κ2) is 10.4. The molecule has 0 aliphatic carbocycles. The number of rotatable bonds is 8. The van der Waals surface area contributed by atoms with Crippen LogP contribution in [0.2, 0.25) is 5.15 Å². The van der Waals surface area contributed by atoms with E-state index in [9.17, 15) is 8.42 Å². The van der Waals surface area contributed by atoms with Gasteiger partial charge in [-0.2, -0.15) is 0 Å². The van der Waals surface area contributed by atoms with E-state index in [0.29, 0.717) is 41.2 Å². The van der Waals surface area contributed by atoms with Gasteiger partial charge in [-0.05, 0) is 37.3 Å². The fourth-order valence-electron chi connectivity index (χ4n) is 4.03. The van der Waals surface area contributed by atoms with Crippen LogP contribution in [0.25, 0.3) is 39.9 Å². The number of hydrogen-bond donors (Lipinski definition) is 1. The molecule has 5 rings (SSSR count). The minimum Gasteiger partial charge on any atom is -0.494 e. The molecule has 4 aromatic heterocycles. The number of aromatic nitrogens is 6. The molecule has 0 unspecified atom stereocenters. The first kappa shape index (κ1) is 26.3. The Bertz CT molecular complexity index is 1790. The maximum absolute atomic E-state index is 12.3. The molecule has 4 heterocycles. The van der Waals surface area contributed by atoms with Gasteiger partial charge in [0.05, 0.1) is 20.8 Å². The summed E-state index contributed by atoms with van der Waals surface area (Å²) in [4.78, 5) is 22.4. The van der Waals surface area contributed by atoms with Gasteiger partial charge in [-0.15, -0.1) is 0 Å². The largest absolute Gasteiger partial charge is 0.494 e. The summed E-state index contributed by atoms with van der Waals surface area (Å²) in [7, 11) is -1.12. The Hall–Kier alpha value is -4.33. The lowest BCUT2D eigenvalue weighted by Gasteiger charge is -2.16. The minimum absolute atomic E-state index is 0.00798. The van der Waals surface area contributed by atoms with Gasteiger partial charge in [-0.25, -0.2) is 33.5 Å². The predicted molar refractivity (Wildman–Crippen MR) is 144 cm³/mol. The number of para-hydroxylation sites is 1. The van der Waals surface area contributed by atoms with Crippen molar-refractivity contribution in [3.05, 3.63) is 59.9 Å². The zero-order valence-corrected chi connectivity index (χ0v) is 22.6. The highest BCUT2D eigenvalue weighted by Crippen LogP contribution is 2.39. The zero-order chi connectivity index (χ0) is 27.7. The molecule has 0 saturated carbocycles. The van der Waals surface area contributed by atoms with Crippen LogP contribution in [0.4, 0.5) is 0 Å². The van der Waals surface area contributed by atoms with Crippen molar-refractivity contribution in [2.45, 2.75) is 11.8 Å². The Kier molecular flexibility index (Phi) is 7.04. The fourth-order valence-corrected chi connectivity index (χ4v) is 4.92. The smallest absolute Gasteiger partial charge is 0.240 e. The van der Waals surface area contributed by atoms with Crippen LogP contribution in [0.5, 0.6) is 17.4 Å². The van der Waals surface area contributed by atoms with Crippen LogP contribution < -0.4 is 19.3 Å². The molecule has 0 saturated heterocycles. The maximum atomic E-state index is 12.3. The predicted octanol–water partition coefficient (Wildman–Crippen LogP) is 3.66. The first-order valence-corrected chi connectivity index (χ1v) is 13.4. The highest BCUT2D eigenvalue weighted by atomic mass is 35.5. The summed E-state index contributed by atoms with van der Waals surface area (Å²) < 4.78 is 43.2. The summed E-state index contributed by atoms with van der Waals surface area (Å²) in [5.41, 5.74) is 1.20. The van der Waals surface area contributed by atoms with Gasteiger partial charge in [-0.3, -0.25) is 9.55 Å². The lowest BCUT2D eigenvalue weighted by atomic mass is 10.2. The second-order valence-electron chi connectivity index (χ2n) is 7.98. The van der Waals surface area contributed by atoms with E-state index in [4.69, 9.17) is 40.9 Å². The van der Waals surface area contributed by atoms with Crippen LogP contribution in [0, 0.1) is 0 Å². The number of methoxy groups -OCH3 is 2. The Labute approximate surface area is 228 Å². The van der Waals surface area contributed by atoms with E-state index in [1.807, 2.05) is 6.92 Å². The van der Waals surface area contributed by atoms with Gasteiger partial charge in [0.1, 0.15) is 39.2 Å². The topological polar surface area (TPSA) is 157 Å².